The third-order valence-electron chi connectivity index (χ3n) is 6.89. The maximum Gasteiger partial charge on any atom is 0.334 e. The zero-order chi connectivity index (χ0) is 26.6. The van der Waals surface area contributed by atoms with Gasteiger partial charge in [0.1, 0.15) is 5.82 Å². The van der Waals surface area contributed by atoms with Gasteiger partial charge in [0.15, 0.2) is 0 Å². The van der Waals surface area contributed by atoms with Gasteiger partial charge in [-0.05, 0) is 54.0 Å². The van der Waals surface area contributed by atoms with Crippen molar-refractivity contribution in [2.75, 3.05) is 11.5 Å². The van der Waals surface area contributed by atoms with Crippen molar-refractivity contribution in [2.24, 2.45) is 11.3 Å². The maximum absolute atomic E-state index is 15.7. The number of rotatable bonds is 4. The second-order valence-corrected chi connectivity index (χ2v) is 11.3. The molecule has 1 heterocycles. The number of allylic oxidation sites excluding steroid dienone is 1. The molecule has 0 radical (unpaired) electrons. The summed E-state index contributed by atoms with van der Waals surface area (Å²) in [6, 6.07) is 9.42. The van der Waals surface area contributed by atoms with Crippen molar-refractivity contribution in [1.29, 1.82) is 0 Å². The highest BCUT2D eigenvalue weighted by molar-refractivity contribution is 6.32. The first-order valence-corrected chi connectivity index (χ1v) is 12.6. The van der Waals surface area contributed by atoms with E-state index in [4.69, 9.17) is 27.9 Å². The molecule has 8 heteroatoms. The predicted molar refractivity (Wildman–Crippen MR) is 138 cm³/mol. The van der Waals surface area contributed by atoms with E-state index in [9.17, 15) is 14.4 Å². The van der Waals surface area contributed by atoms with E-state index in [2.05, 4.69) is 0 Å². The molecule has 0 fully saturated rings. The van der Waals surface area contributed by atoms with E-state index in [1.54, 1.807) is 37.3 Å². The normalized spacial score (nSPS) is 23.2. The molecular formula is C28H28Cl2FNO4. The van der Waals surface area contributed by atoms with Crippen LogP contribution in [0.1, 0.15) is 58.1 Å². The second kappa shape index (κ2) is 9.31. The van der Waals surface area contributed by atoms with Crippen LogP contribution in [0.25, 0.3) is 0 Å². The minimum atomic E-state index is -1.48. The number of imide groups is 1. The average Bonchev–Trinajstić information content (AvgIpc) is 3.22. The summed E-state index contributed by atoms with van der Waals surface area (Å²) >= 11 is 12.5. The molecule has 3 atom stereocenters. The molecule has 2 aliphatic rings. The Labute approximate surface area is 220 Å². The van der Waals surface area contributed by atoms with Crippen LogP contribution >= 0.6 is 23.2 Å². The Bertz CT molecular complexity index is 1300. The van der Waals surface area contributed by atoms with Crippen LogP contribution in [-0.2, 0) is 24.5 Å². The first kappa shape index (κ1) is 26.4. The lowest BCUT2D eigenvalue weighted by atomic mass is 9.61. The number of hydrogen-bond donors (Lipinski definition) is 0. The Morgan fingerprint density at radius 1 is 1.17 bits per heavy atom. The van der Waals surface area contributed by atoms with E-state index in [0.29, 0.717) is 22.7 Å². The van der Waals surface area contributed by atoms with Gasteiger partial charge in [0.05, 0.1) is 22.7 Å². The van der Waals surface area contributed by atoms with E-state index < -0.39 is 40.9 Å². The third-order valence-corrected chi connectivity index (χ3v) is 7.41. The fraction of sp³-hybridized carbons (Fsp3) is 0.393. The molecule has 5 nitrogen and oxygen atoms in total. The van der Waals surface area contributed by atoms with E-state index in [1.807, 2.05) is 20.8 Å². The van der Waals surface area contributed by atoms with Crippen LogP contribution in [0.4, 0.5) is 10.1 Å². The number of esters is 1. The van der Waals surface area contributed by atoms with Gasteiger partial charge in [0.2, 0.25) is 11.8 Å². The van der Waals surface area contributed by atoms with Gasteiger partial charge >= 0.3 is 5.97 Å². The number of carbonyl (C=O) groups excluding carboxylic acids is 3. The molecule has 1 spiro atoms. The summed E-state index contributed by atoms with van der Waals surface area (Å²) in [6.07, 6.45) is 2.21. The molecule has 2 amide bonds. The minimum Gasteiger partial charge on any atom is -0.463 e. The topological polar surface area (TPSA) is 63.7 Å². The zero-order valence-corrected chi connectivity index (χ0v) is 22.3. The SMILES string of the molecule is CCOC(=O)C1=C[C@H](CC(C)(C)C)[C@]2(C(=O)N(C(C)=O)c3cc(Cl)ccc32)[C@@H]1c1cccc(Cl)c1F. The summed E-state index contributed by atoms with van der Waals surface area (Å²) < 4.78 is 21.0. The van der Waals surface area contributed by atoms with Gasteiger partial charge in [-0.2, -0.15) is 0 Å². The lowest BCUT2D eigenvalue weighted by Gasteiger charge is -2.39. The van der Waals surface area contributed by atoms with Crippen molar-refractivity contribution in [3.63, 3.8) is 0 Å². The Morgan fingerprint density at radius 2 is 1.86 bits per heavy atom. The van der Waals surface area contributed by atoms with Gasteiger partial charge < -0.3 is 4.74 Å². The number of ether oxygens (including phenoxy) is 1. The lowest BCUT2D eigenvalue weighted by Crippen LogP contribution is -2.49. The Morgan fingerprint density at radius 3 is 2.47 bits per heavy atom. The molecule has 0 aromatic heterocycles. The Kier molecular flexibility index (Phi) is 6.82. The van der Waals surface area contributed by atoms with Crippen molar-refractivity contribution in [2.45, 2.75) is 52.4 Å². The standard InChI is InChI=1S/C28H28Cl2FNO4/c1-6-36-25(34)19-12-16(14-27(3,4)5)28(23(19)18-8-7-9-21(30)24(18)31)20-11-10-17(29)13-22(20)32(15(2)33)26(28)35/h7-13,16,23H,6,14H2,1-5H3/t16-,23-,28-/m1/s1. The maximum atomic E-state index is 15.7. The Hall–Kier alpha value is -2.70. The number of halogens is 3. The predicted octanol–water partition coefficient (Wildman–Crippen LogP) is 6.60. The average molecular weight is 532 g/mol. The second-order valence-electron chi connectivity index (χ2n) is 10.5. The smallest absolute Gasteiger partial charge is 0.334 e. The van der Waals surface area contributed by atoms with Gasteiger partial charge in [0, 0.05) is 23.4 Å². The fourth-order valence-corrected chi connectivity index (χ4v) is 6.09. The summed E-state index contributed by atoms with van der Waals surface area (Å²) in [5, 5.41) is 0.217. The van der Waals surface area contributed by atoms with Crippen LogP contribution in [-0.4, -0.2) is 24.4 Å². The molecule has 2 aromatic carbocycles. The summed E-state index contributed by atoms with van der Waals surface area (Å²) in [7, 11) is 0. The van der Waals surface area contributed by atoms with Crippen LogP contribution in [0.3, 0.4) is 0 Å². The van der Waals surface area contributed by atoms with Crippen LogP contribution in [0.5, 0.6) is 0 Å². The molecule has 4 rings (SSSR count). The molecule has 1 aliphatic heterocycles. The van der Waals surface area contributed by atoms with Crippen molar-refractivity contribution in [1.82, 2.24) is 0 Å². The number of carbonyl (C=O) groups is 3. The monoisotopic (exact) mass is 531 g/mol. The first-order chi connectivity index (χ1) is 16.8. The Balaban J connectivity index is 2.12. The number of fused-ring (bicyclic) bond motifs is 2. The van der Waals surface area contributed by atoms with E-state index >= 15 is 4.39 Å². The number of amides is 2. The van der Waals surface area contributed by atoms with Crippen molar-refractivity contribution >= 4 is 46.7 Å². The lowest BCUT2D eigenvalue weighted by molar-refractivity contribution is -0.138. The van der Waals surface area contributed by atoms with Gasteiger partial charge in [-0.1, -0.05) is 68.2 Å². The van der Waals surface area contributed by atoms with Crippen molar-refractivity contribution in [3.05, 3.63) is 75.0 Å². The highest BCUT2D eigenvalue weighted by Gasteiger charge is 2.65. The third kappa shape index (κ3) is 4.04. The number of hydrogen-bond acceptors (Lipinski definition) is 4. The van der Waals surface area contributed by atoms with Crippen molar-refractivity contribution in [3.8, 4) is 0 Å². The van der Waals surface area contributed by atoms with Gasteiger partial charge in [-0.15, -0.1) is 0 Å². The van der Waals surface area contributed by atoms with Crippen molar-refractivity contribution < 1.29 is 23.5 Å². The number of nitrogens with zero attached hydrogens (tertiary/aromatic N) is 1. The zero-order valence-electron chi connectivity index (χ0n) is 20.8. The highest BCUT2D eigenvalue weighted by Crippen LogP contribution is 2.63. The molecule has 0 saturated heterocycles. The van der Waals surface area contributed by atoms with Crippen LogP contribution in [0.2, 0.25) is 10.0 Å². The highest BCUT2D eigenvalue weighted by atomic mass is 35.5. The van der Waals surface area contributed by atoms with E-state index in [1.165, 1.54) is 19.1 Å². The molecule has 0 unspecified atom stereocenters. The van der Waals surface area contributed by atoms with Crippen LogP contribution in [0, 0.1) is 17.2 Å². The molecule has 1 aliphatic carbocycles. The van der Waals surface area contributed by atoms with E-state index in [0.717, 1.165) is 4.90 Å². The van der Waals surface area contributed by atoms with Gasteiger partial charge in [0.25, 0.3) is 0 Å². The molecule has 36 heavy (non-hydrogen) atoms. The largest absolute Gasteiger partial charge is 0.463 e. The molecule has 0 bridgehead atoms. The molecule has 0 saturated carbocycles. The molecular weight excluding hydrogens is 504 g/mol. The van der Waals surface area contributed by atoms with Gasteiger partial charge in [-0.25, -0.2) is 14.1 Å². The minimum absolute atomic E-state index is 0.0952. The van der Waals surface area contributed by atoms with E-state index in [-0.39, 0.29) is 28.2 Å². The summed E-state index contributed by atoms with van der Waals surface area (Å²) in [6.45, 7) is 9.16. The number of benzene rings is 2. The van der Waals surface area contributed by atoms with Gasteiger partial charge in [-0.3, -0.25) is 9.59 Å². The molecule has 0 N–H and O–H groups in total. The summed E-state index contributed by atoms with van der Waals surface area (Å²) in [5.41, 5.74) is -0.630. The molecule has 190 valence electrons. The summed E-state index contributed by atoms with van der Waals surface area (Å²) in [4.78, 5) is 41.7. The quantitative estimate of drug-likeness (QED) is 0.416. The fourth-order valence-electron chi connectivity index (χ4n) is 5.74. The van der Waals surface area contributed by atoms with Crippen LogP contribution in [0.15, 0.2) is 48.0 Å². The van der Waals surface area contributed by atoms with Crippen LogP contribution < -0.4 is 4.90 Å². The molecule has 2 aromatic rings. The summed E-state index contributed by atoms with van der Waals surface area (Å²) in [5.74, 6) is -4.00. The first-order valence-electron chi connectivity index (χ1n) is 11.8. The number of anilines is 1.